The number of hydrogen-bond donors (Lipinski definition) is 1. The van der Waals surface area contributed by atoms with Crippen molar-refractivity contribution in [1.29, 1.82) is 0 Å². The lowest BCUT2D eigenvalue weighted by Crippen LogP contribution is -2.27. The number of methoxy groups -OCH3 is 1. The molecule has 1 N–H and O–H groups in total. The first-order valence-electron chi connectivity index (χ1n) is 4.01. The second kappa shape index (κ2) is 3.94. The van der Waals surface area contributed by atoms with Gasteiger partial charge in [0.25, 0.3) is 0 Å². The maximum absolute atomic E-state index is 9.42. The maximum atomic E-state index is 9.42. The van der Waals surface area contributed by atoms with E-state index in [1.165, 1.54) is 12.8 Å². The molecule has 2 atom stereocenters. The van der Waals surface area contributed by atoms with Crippen LogP contribution in [0.25, 0.3) is 0 Å². The zero-order valence-electron chi connectivity index (χ0n) is 6.55. The molecule has 0 radical (unpaired) electrons. The summed E-state index contributed by atoms with van der Waals surface area (Å²) in [6.07, 6.45) is 4.43. The molecule has 2 nitrogen and oxygen atoms in total. The second-order valence-corrected chi connectivity index (χ2v) is 3.07. The number of aliphatic hydroxyl groups is 1. The zero-order chi connectivity index (χ0) is 7.40. The Morgan fingerprint density at radius 1 is 1.40 bits per heavy atom. The molecule has 0 spiro atoms. The average Bonchev–Trinajstić information content (AvgIpc) is 1.94. The Morgan fingerprint density at radius 2 is 2.10 bits per heavy atom. The minimum absolute atomic E-state index is 0.103. The van der Waals surface area contributed by atoms with E-state index in [0.717, 1.165) is 19.4 Å². The van der Waals surface area contributed by atoms with Gasteiger partial charge in [-0.3, -0.25) is 0 Å². The minimum atomic E-state index is -0.103. The van der Waals surface area contributed by atoms with Crippen molar-refractivity contribution in [1.82, 2.24) is 0 Å². The van der Waals surface area contributed by atoms with Gasteiger partial charge < -0.3 is 9.84 Å². The van der Waals surface area contributed by atoms with E-state index in [0.29, 0.717) is 5.92 Å². The highest BCUT2D eigenvalue weighted by Gasteiger charge is 2.22. The van der Waals surface area contributed by atoms with Crippen LogP contribution in [0.3, 0.4) is 0 Å². The van der Waals surface area contributed by atoms with Crippen LogP contribution in [0.4, 0.5) is 0 Å². The van der Waals surface area contributed by atoms with Gasteiger partial charge in [-0.1, -0.05) is 12.8 Å². The zero-order valence-corrected chi connectivity index (χ0v) is 6.55. The Bertz CT molecular complexity index is 91.3. The summed E-state index contributed by atoms with van der Waals surface area (Å²) in [5.74, 6) is 0.402. The first-order chi connectivity index (χ1) is 4.84. The molecule has 1 aliphatic rings. The van der Waals surface area contributed by atoms with E-state index < -0.39 is 0 Å². The molecular formula is C8H16O2. The van der Waals surface area contributed by atoms with Gasteiger partial charge in [-0.2, -0.15) is 0 Å². The largest absolute Gasteiger partial charge is 0.393 e. The molecule has 0 aromatic heterocycles. The van der Waals surface area contributed by atoms with Crippen LogP contribution >= 0.6 is 0 Å². The molecule has 0 amide bonds. The summed E-state index contributed by atoms with van der Waals surface area (Å²) in [6.45, 7) is 0.723. The molecule has 0 aromatic carbocycles. The highest BCUT2D eigenvalue weighted by molar-refractivity contribution is 4.73. The van der Waals surface area contributed by atoms with Crippen LogP contribution in [0, 0.1) is 5.92 Å². The van der Waals surface area contributed by atoms with Crippen molar-refractivity contribution in [3.05, 3.63) is 0 Å². The molecule has 2 heteroatoms. The fourth-order valence-electron chi connectivity index (χ4n) is 1.60. The van der Waals surface area contributed by atoms with E-state index in [2.05, 4.69) is 0 Å². The fourth-order valence-corrected chi connectivity index (χ4v) is 1.60. The third kappa shape index (κ3) is 1.96. The lowest BCUT2D eigenvalue weighted by molar-refractivity contribution is 0.0209. The molecule has 1 aliphatic carbocycles. The summed E-state index contributed by atoms with van der Waals surface area (Å²) >= 11 is 0. The quantitative estimate of drug-likeness (QED) is 0.630. The van der Waals surface area contributed by atoms with Crippen molar-refractivity contribution >= 4 is 0 Å². The summed E-state index contributed by atoms with van der Waals surface area (Å²) in [6, 6.07) is 0. The summed E-state index contributed by atoms with van der Waals surface area (Å²) in [5, 5.41) is 9.42. The van der Waals surface area contributed by atoms with E-state index in [9.17, 15) is 5.11 Å². The molecule has 0 heterocycles. The van der Waals surface area contributed by atoms with Crippen molar-refractivity contribution in [2.45, 2.75) is 31.8 Å². The molecule has 0 aromatic rings. The molecule has 0 saturated heterocycles. The van der Waals surface area contributed by atoms with Gasteiger partial charge in [0.05, 0.1) is 12.7 Å². The van der Waals surface area contributed by atoms with E-state index in [1.54, 1.807) is 7.11 Å². The van der Waals surface area contributed by atoms with Crippen LogP contribution in [-0.4, -0.2) is 24.9 Å². The van der Waals surface area contributed by atoms with Crippen LogP contribution in [0.1, 0.15) is 25.7 Å². The molecule has 1 fully saturated rings. The first-order valence-corrected chi connectivity index (χ1v) is 4.01. The lowest BCUT2D eigenvalue weighted by atomic mass is 9.87. The minimum Gasteiger partial charge on any atom is -0.393 e. The van der Waals surface area contributed by atoms with E-state index >= 15 is 0 Å². The highest BCUT2D eigenvalue weighted by Crippen LogP contribution is 2.23. The monoisotopic (exact) mass is 144 g/mol. The maximum Gasteiger partial charge on any atom is 0.0590 e. The Morgan fingerprint density at radius 3 is 2.70 bits per heavy atom. The molecule has 0 bridgehead atoms. The third-order valence-electron chi connectivity index (χ3n) is 2.25. The van der Waals surface area contributed by atoms with Gasteiger partial charge >= 0.3 is 0 Å². The Balaban J connectivity index is 2.25. The second-order valence-electron chi connectivity index (χ2n) is 3.07. The van der Waals surface area contributed by atoms with E-state index in [-0.39, 0.29) is 6.10 Å². The average molecular weight is 144 g/mol. The molecule has 1 saturated carbocycles. The van der Waals surface area contributed by atoms with Crippen LogP contribution in [0.15, 0.2) is 0 Å². The number of ether oxygens (including phenoxy) is 1. The van der Waals surface area contributed by atoms with Gasteiger partial charge in [0, 0.05) is 13.0 Å². The van der Waals surface area contributed by atoms with Crippen molar-refractivity contribution in [2.24, 2.45) is 5.92 Å². The normalized spacial score (nSPS) is 34.2. The van der Waals surface area contributed by atoms with Crippen molar-refractivity contribution in [2.75, 3.05) is 13.7 Å². The SMILES string of the molecule is COC[C@H]1CCCC[C@H]1O. The lowest BCUT2D eigenvalue weighted by Gasteiger charge is -2.26. The topological polar surface area (TPSA) is 29.5 Å². The first kappa shape index (κ1) is 8.02. The third-order valence-corrected chi connectivity index (χ3v) is 2.25. The van der Waals surface area contributed by atoms with Crippen molar-refractivity contribution in [3.63, 3.8) is 0 Å². The number of aliphatic hydroxyl groups excluding tert-OH is 1. The molecule has 10 heavy (non-hydrogen) atoms. The van der Waals surface area contributed by atoms with Gasteiger partial charge in [0.15, 0.2) is 0 Å². The van der Waals surface area contributed by atoms with Crippen LogP contribution < -0.4 is 0 Å². The summed E-state index contributed by atoms with van der Waals surface area (Å²) < 4.78 is 4.99. The summed E-state index contributed by atoms with van der Waals surface area (Å²) in [7, 11) is 1.70. The highest BCUT2D eigenvalue weighted by atomic mass is 16.5. The van der Waals surface area contributed by atoms with Gasteiger partial charge in [0.2, 0.25) is 0 Å². The van der Waals surface area contributed by atoms with E-state index in [4.69, 9.17) is 4.74 Å². The Labute approximate surface area is 62.2 Å². The fraction of sp³-hybridized carbons (Fsp3) is 1.00. The van der Waals surface area contributed by atoms with Crippen LogP contribution in [0.2, 0.25) is 0 Å². The molecule has 0 unspecified atom stereocenters. The van der Waals surface area contributed by atoms with E-state index in [1.807, 2.05) is 0 Å². The molecule has 60 valence electrons. The van der Waals surface area contributed by atoms with Crippen molar-refractivity contribution < 1.29 is 9.84 Å². The summed E-state index contributed by atoms with van der Waals surface area (Å²) in [5.41, 5.74) is 0. The van der Waals surface area contributed by atoms with Gasteiger partial charge in [-0.05, 0) is 12.8 Å². The van der Waals surface area contributed by atoms with Crippen molar-refractivity contribution in [3.8, 4) is 0 Å². The Hall–Kier alpha value is -0.0800. The van der Waals surface area contributed by atoms with Gasteiger partial charge in [0.1, 0.15) is 0 Å². The number of hydrogen-bond acceptors (Lipinski definition) is 2. The smallest absolute Gasteiger partial charge is 0.0590 e. The summed E-state index contributed by atoms with van der Waals surface area (Å²) in [4.78, 5) is 0. The molecule has 1 rings (SSSR count). The molecular weight excluding hydrogens is 128 g/mol. The van der Waals surface area contributed by atoms with Gasteiger partial charge in [-0.15, -0.1) is 0 Å². The van der Waals surface area contributed by atoms with Crippen LogP contribution in [-0.2, 0) is 4.74 Å². The predicted molar refractivity (Wildman–Crippen MR) is 39.8 cm³/mol. The van der Waals surface area contributed by atoms with Gasteiger partial charge in [-0.25, -0.2) is 0 Å². The predicted octanol–water partition coefficient (Wildman–Crippen LogP) is 1.18. The standard InChI is InChI=1S/C8H16O2/c1-10-6-7-4-2-3-5-8(7)9/h7-9H,2-6H2,1H3/t7-,8-/m1/s1. The Kier molecular flexibility index (Phi) is 3.16. The molecule has 0 aliphatic heterocycles. The number of rotatable bonds is 2. The van der Waals surface area contributed by atoms with Crippen LogP contribution in [0.5, 0.6) is 0 Å².